The van der Waals surface area contributed by atoms with Gasteiger partial charge in [-0.15, -0.1) is 0 Å². The Bertz CT molecular complexity index is 1010. The molecule has 1 aliphatic heterocycles. The van der Waals surface area contributed by atoms with Crippen LogP contribution in [0.4, 0.5) is 0 Å². The van der Waals surface area contributed by atoms with Crippen molar-refractivity contribution in [3.05, 3.63) is 58.0 Å². The summed E-state index contributed by atoms with van der Waals surface area (Å²) in [5, 5.41) is 20.2. The quantitative estimate of drug-likeness (QED) is 0.540. The summed E-state index contributed by atoms with van der Waals surface area (Å²) in [5.74, 6) is -2.36. The predicted molar refractivity (Wildman–Crippen MR) is 87.9 cm³/mol. The van der Waals surface area contributed by atoms with Crippen LogP contribution >= 0.6 is 0 Å². The molecule has 0 aliphatic carbocycles. The van der Waals surface area contributed by atoms with E-state index in [-0.39, 0.29) is 11.1 Å². The summed E-state index contributed by atoms with van der Waals surface area (Å²) >= 11 is 0. The number of benzene rings is 1. The first-order valence-corrected chi connectivity index (χ1v) is 7.82. The fourth-order valence-electron chi connectivity index (χ4n) is 3.84. The van der Waals surface area contributed by atoms with Crippen molar-refractivity contribution < 1.29 is 19.8 Å². The highest BCUT2D eigenvalue weighted by Gasteiger charge is 2.33. The molecule has 1 aromatic carbocycles. The highest BCUT2D eigenvalue weighted by atomic mass is 16.4. The lowest BCUT2D eigenvalue weighted by molar-refractivity contribution is 0.0651. The number of carboxylic acids is 2. The number of aromatic amines is 1. The molecule has 122 valence electrons. The molecule has 0 fully saturated rings. The average Bonchev–Trinajstić information content (AvgIpc) is 3.07. The van der Waals surface area contributed by atoms with E-state index < -0.39 is 11.9 Å². The molecule has 0 spiro atoms. The van der Waals surface area contributed by atoms with Gasteiger partial charge in [-0.1, -0.05) is 25.1 Å². The number of carboxylic acid groups (broad SMARTS) is 2. The van der Waals surface area contributed by atoms with Gasteiger partial charge in [0.15, 0.2) is 0 Å². The van der Waals surface area contributed by atoms with Crippen molar-refractivity contribution in [2.24, 2.45) is 0 Å². The van der Waals surface area contributed by atoms with Crippen molar-refractivity contribution in [1.82, 2.24) is 9.55 Å². The maximum absolute atomic E-state index is 11.8. The normalized spacial score (nSPS) is 12.9. The molecule has 0 atom stereocenters. The van der Waals surface area contributed by atoms with Crippen LogP contribution in [0.2, 0.25) is 0 Å². The van der Waals surface area contributed by atoms with Gasteiger partial charge in [-0.2, -0.15) is 0 Å². The Labute approximate surface area is 137 Å². The Morgan fingerprint density at radius 2 is 1.88 bits per heavy atom. The second kappa shape index (κ2) is 4.99. The van der Waals surface area contributed by atoms with E-state index >= 15 is 0 Å². The van der Waals surface area contributed by atoms with E-state index in [9.17, 15) is 19.8 Å². The zero-order valence-electron chi connectivity index (χ0n) is 13.1. The van der Waals surface area contributed by atoms with E-state index in [1.54, 1.807) is 0 Å². The third-order valence-corrected chi connectivity index (χ3v) is 4.80. The molecule has 24 heavy (non-hydrogen) atoms. The molecule has 2 aromatic heterocycles. The molecule has 0 unspecified atom stereocenters. The monoisotopic (exact) mass is 324 g/mol. The van der Waals surface area contributed by atoms with Crippen LogP contribution in [0.25, 0.3) is 10.9 Å². The molecule has 6 heteroatoms. The van der Waals surface area contributed by atoms with Crippen molar-refractivity contribution in [2.45, 2.75) is 26.3 Å². The van der Waals surface area contributed by atoms with Crippen LogP contribution in [0.3, 0.4) is 0 Å². The zero-order chi connectivity index (χ0) is 17.0. The number of aromatic nitrogens is 2. The van der Waals surface area contributed by atoms with Crippen LogP contribution in [0.5, 0.6) is 0 Å². The van der Waals surface area contributed by atoms with Gasteiger partial charge in [-0.25, -0.2) is 9.59 Å². The number of nitrogens with one attached hydrogen (secondary N) is 1. The lowest BCUT2D eigenvalue weighted by Crippen LogP contribution is -2.16. The second-order valence-corrected chi connectivity index (χ2v) is 6.00. The minimum atomic E-state index is -1.18. The van der Waals surface area contributed by atoms with Gasteiger partial charge in [0.1, 0.15) is 0 Å². The molecule has 3 N–H and O–H groups in total. The summed E-state index contributed by atoms with van der Waals surface area (Å²) in [6, 6.07) is 7.89. The van der Waals surface area contributed by atoms with Crippen molar-refractivity contribution in [1.29, 1.82) is 0 Å². The Morgan fingerprint density at radius 3 is 2.54 bits per heavy atom. The van der Waals surface area contributed by atoms with Crippen LogP contribution in [0.15, 0.2) is 24.3 Å². The smallest absolute Gasteiger partial charge is 0.338 e. The average molecular weight is 324 g/mol. The molecule has 6 nitrogen and oxygen atoms in total. The lowest BCUT2D eigenvalue weighted by Gasteiger charge is -2.19. The van der Waals surface area contributed by atoms with Crippen LogP contribution < -0.4 is 0 Å². The highest BCUT2D eigenvalue weighted by molar-refractivity contribution is 6.04. The number of nitrogens with zero attached hydrogens (tertiary/aromatic N) is 1. The van der Waals surface area contributed by atoms with Gasteiger partial charge in [0.25, 0.3) is 0 Å². The molecule has 0 saturated heterocycles. The van der Waals surface area contributed by atoms with Gasteiger partial charge in [0, 0.05) is 34.4 Å². The summed E-state index contributed by atoms with van der Waals surface area (Å²) < 4.78 is 1.85. The van der Waals surface area contributed by atoms with Crippen LogP contribution in [-0.4, -0.2) is 31.7 Å². The third-order valence-electron chi connectivity index (χ3n) is 4.80. The van der Waals surface area contributed by atoms with Gasteiger partial charge >= 0.3 is 11.9 Å². The Balaban J connectivity index is 2.00. The second-order valence-electron chi connectivity index (χ2n) is 6.00. The number of aromatic carboxylic acids is 2. The number of H-pyrrole nitrogens is 1. The van der Waals surface area contributed by atoms with Crippen molar-refractivity contribution in [2.75, 3.05) is 0 Å². The molecule has 0 saturated carbocycles. The van der Waals surface area contributed by atoms with E-state index in [4.69, 9.17) is 0 Å². The SMILES string of the molecule is CCc1c(C(=O)O)c(C(=O)O)c2n1Cc1[nH]c3ccccc3c1C2. The number of para-hydroxylation sites is 1. The van der Waals surface area contributed by atoms with Crippen molar-refractivity contribution in [3.8, 4) is 0 Å². The number of hydrogen-bond acceptors (Lipinski definition) is 2. The van der Waals surface area contributed by atoms with E-state index in [1.165, 1.54) is 0 Å². The molecular weight excluding hydrogens is 308 g/mol. The summed E-state index contributed by atoms with van der Waals surface area (Å²) in [5.41, 5.74) is 4.08. The van der Waals surface area contributed by atoms with Crippen LogP contribution in [0.1, 0.15) is 50.3 Å². The maximum Gasteiger partial charge on any atom is 0.338 e. The Hall–Kier alpha value is -3.02. The fourth-order valence-corrected chi connectivity index (χ4v) is 3.84. The number of rotatable bonds is 3. The molecular formula is C18H16N2O4. The first-order valence-electron chi connectivity index (χ1n) is 7.82. The van der Waals surface area contributed by atoms with Crippen molar-refractivity contribution >= 4 is 22.8 Å². The standard InChI is InChI=1S/C18H16N2O4/c1-2-13-15(17(21)22)16(18(23)24)14-7-10-9-5-3-4-6-11(9)19-12(10)8-20(13)14/h3-6,19H,2,7-8H2,1H3,(H,21,22)(H,23,24). The van der Waals surface area contributed by atoms with Crippen LogP contribution in [-0.2, 0) is 19.4 Å². The maximum atomic E-state index is 11.8. The summed E-state index contributed by atoms with van der Waals surface area (Å²) in [6.07, 6.45) is 0.888. The Kier molecular flexibility index (Phi) is 3.03. The Morgan fingerprint density at radius 1 is 1.17 bits per heavy atom. The molecule has 3 aromatic rings. The number of carbonyl (C=O) groups is 2. The van der Waals surface area contributed by atoms with Crippen molar-refractivity contribution in [3.63, 3.8) is 0 Å². The highest BCUT2D eigenvalue weighted by Crippen LogP contribution is 2.35. The lowest BCUT2D eigenvalue weighted by atomic mass is 9.99. The predicted octanol–water partition coefficient (Wildman–Crippen LogP) is 2.88. The number of fused-ring (bicyclic) bond motifs is 4. The largest absolute Gasteiger partial charge is 0.478 e. The third kappa shape index (κ3) is 1.83. The van der Waals surface area contributed by atoms with Gasteiger partial charge < -0.3 is 19.8 Å². The van der Waals surface area contributed by atoms with E-state index in [0.29, 0.717) is 30.8 Å². The van der Waals surface area contributed by atoms with E-state index in [1.807, 2.05) is 35.8 Å². The molecule has 3 heterocycles. The summed E-state index contributed by atoms with van der Waals surface area (Å²) in [7, 11) is 0. The summed E-state index contributed by atoms with van der Waals surface area (Å²) in [4.78, 5) is 26.8. The zero-order valence-corrected chi connectivity index (χ0v) is 13.1. The summed E-state index contributed by atoms with van der Waals surface area (Å²) in [6.45, 7) is 2.32. The molecule has 4 rings (SSSR count). The fraction of sp³-hybridized carbons (Fsp3) is 0.222. The molecule has 0 bridgehead atoms. The minimum absolute atomic E-state index is 0.0738. The van der Waals surface area contributed by atoms with Gasteiger partial charge in [-0.05, 0) is 18.1 Å². The van der Waals surface area contributed by atoms with E-state index in [0.717, 1.165) is 22.2 Å². The molecule has 0 radical (unpaired) electrons. The van der Waals surface area contributed by atoms with E-state index in [2.05, 4.69) is 4.98 Å². The minimum Gasteiger partial charge on any atom is -0.478 e. The topological polar surface area (TPSA) is 95.3 Å². The number of hydrogen-bond donors (Lipinski definition) is 3. The van der Waals surface area contributed by atoms with Gasteiger partial charge in [0.2, 0.25) is 0 Å². The molecule has 0 amide bonds. The van der Waals surface area contributed by atoms with Gasteiger partial charge in [0.05, 0.1) is 17.7 Å². The molecule has 1 aliphatic rings. The first kappa shape index (κ1) is 14.6. The van der Waals surface area contributed by atoms with Crippen LogP contribution in [0, 0.1) is 0 Å². The first-order chi connectivity index (χ1) is 11.5. The van der Waals surface area contributed by atoms with Gasteiger partial charge in [-0.3, -0.25) is 0 Å².